The highest BCUT2D eigenvalue weighted by Crippen LogP contribution is 2.36. The standard InChI is InChI=1S/C31H36F4/c1-2-3-4-5-6-7-8-9-10-11-23-12-13-25(29(33)22-23)14-15-26-18-21-28(31(35)30(26)34)24-16-19-27(32)20-17-24/h10-13,18,21-22,24,27H,2-9,16-17,19-20H2,1H3/b11-10+. The molecule has 0 amide bonds. The quantitative estimate of drug-likeness (QED) is 0.179. The molecule has 2 aromatic carbocycles. The molecule has 0 saturated heterocycles. The zero-order valence-electron chi connectivity index (χ0n) is 20.7. The molecule has 3 rings (SSSR count). The van der Waals surface area contributed by atoms with Crippen LogP contribution in [0.2, 0.25) is 0 Å². The van der Waals surface area contributed by atoms with Gasteiger partial charge in [-0.3, -0.25) is 0 Å². The molecule has 4 heteroatoms. The van der Waals surface area contributed by atoms with Crippen LogP contribution in [0.5, 0.6) is 0 Å². The van der Waals surface area contributed by atoms with Crippen LogP contribution in [0.4, 0.5) is 17.6 Å². The van der Waals surface area contributed by atoms with E-state index in [4.69, 9.17) is 0 Å². The molecule has 0 unspecified atom stereocenters. The normalized spacial score (nSPS) is 18.0. The Morgan fingerprint density at radius 3 is 2.17 bits per heavy atom. The number of benzene rings is 2. The van der Waals surface area contributed by atoms with E-state index in [0.29, 0.717) is 25.7 Å². The number of halogens is 4. The Kier molecular flexibility index (Phi) is 10.9. The summed E-state index contributed by atoms with van der Waals surface area (Å²) in [4.78, 5) is 0. The van der Waals surface area contributed by atoms with E-state index >= 15 is 0 Å². The summed E-state index contributed by atoms with van der Waals surface area (Å²) in [5, 5.41) is 0. The maximum absolute atomic E-state index is 14.6. The fourth-order valence-corrected chi connectivity index (χ4v) is 4.65. The molecule has 35 heavy (non-hydrogen) atoms. The lowest BCUT2D eigenvalue weighted by Gasteiger charge is -2.25. The molecule has 0 N–H and O–H groups in total. The predicted octanol–water partition coefficient (Wildman–Crippen LogP) is 9.65. The highest BCUT2D eigenvalue weighted by molar-refractivity contribution is 5.53. The molecule has 1 aliphatic rings. The smallest absolute Gasteiger partial charge is 0.174 e. The van der Waals surface area contributed by atoms with E-state index in [1.165, 1.54) is 56.7 Å². The van der Waals surface area contributed by atoms with Gasteiger partial charge in [0, 0.05) is 0 Å². The summed E-state index contributed by atoms with van der Waals surface area (Å²) in [6, 6.07) is 7.71. The van der Waals surface area contributed by atoms with Crippen LogP contribution in [0.15, 0.2) is 36.4 Å². The van der Waals surface area contributed by atoms with Gasteiger partial charge in [0.25, 0.3) is 0 Å². The second-order valence-electron chi connectivity index (χ2n) is 9.58. The molecular formula is C31H36F4. The first-order valence-corrected chi connectivity index (χ1v) is 13.1. The molecule has 0 aromatic heterocycles. The Bertz CT molecular complexity index is 1040. The number of hydrogen-bond acceptors (Lipinski definition) is 0. The summed E-state index contributed by atoms with van der Waals surface area (Å²) in [7, 11) is 0. The number of rotatable bonds is 10. The fourth-order valence-electron chi connectivity index (χ4n) is 4.65. The van der Waals surface area contributed by atoms with Crippen LogP contribution in [0.25, 0.3) is 6.08 Å². The molecule has 0 nitrogen and oxygen atoms in total. The topological polar surface area (TPSA) is 0 Å². The second-order valence-corrected chi connectivity index (χ2v) is 9.58. The second kappa shape index (κ2) is 14.1. The zero-order chi connectivity index (χ0) is 25.0. The lowest BCUT2D eigenvalue weighted by molar-refractivity contribution is 0.233. The van der Waals surface area contributed by atoms with Crippen LogP contribution in [0, 0.1) is 29.3 Å². The largest absolute Gasteiger partial charge is 0.247 e. The van der Waals surface area contributed by atoms with Crippen LogP contribution < -0.4 is 0 Å². The summed E-state index contributed by atoms with van der Waals surface area (Å²) < 4.78 is 57.1. The van der Waals surface area contributed by atoms with Gasteiger partial charge in [-0.2, -0.15) is 0 Å². The zero-order valence-corrected chi connectivity index (χ0v) is 20.7. The third kappa shape index (κ3) is 8.27. The predicted molar refractivity (Wildman–Crippen MR) is 136 cm³/mol. The summed E-state index contributed by atoms with van der Waals surface area (Å²) in [6.07, 6.45) is 14.6. The van der Waals surface area contributed by atoms with Gasteiger partial charge in [0.2, 0.25) is 0 Å². The molecule has 0 heterocycles. The van der Waals surface area contributed by atoms with E-state index in [-0.39, 0.29) is 22.6 Å². The van der Waals surface area contributed by atoms with Crippen molar-refractivity contribution in [1.82, 2.24) is 0 Å². The molecule has 1 fully saturated rings. The third-order valence-electron chi connectivity index (χ3n) is 6.82. The van der Waals surface area contributed by atoms with Gasteiger partial charge in [0.15, 0.2) is 11.6 Å². The van der Waals surface area contributed by atoms with Gasteiger partial charge < -0.3 is 0 Å². The first kappa shape index (κ1) is 27.1. The van der Waals surface area contributed by atoms with E-state index in [1.807, 2.05) is 6.08 Å². The first-order valence-electron chi connectivity index (χ1n) is 13.1. The van der Waals surface area contributed by atoms with Gasteiger partial charge in [-0.15, -0.1) is 0 Å². The van der Waals surface area contributed by atoms with Crippen molar-refractivity contribution in [3.8, 4) is 11.8 Å². The Hall–Kier alpha value is -2.54. The van der Waals surface area contributed by atoms with Crippen molar-refractivity contribution in [2.24, 2.45) is 0 Å². The summed E-state index contributed by atoms with van der Waals surface area (Å²) in [6.45, 7) is 2.22. The van der Waals surface area contributed by atoms with E-state index in [2.05, 4.69) is 24.8 Å². The van der Waals surface area contributed by atoms with Gasteiger partial charge in [-0.25, -0.2) is 17.6 Å². The Morgan fingerprint density at radius 1 is 0.800 bits per heavy atom. The van der Waals surface area contributed by atoms with Crippen molar-refractivity contribution >= 4 is 6.08 Å². The molecule has 0 atom stereocenters. The maximum atomic E-state index is 14.6. The Labute approximate surface area is 207 Å². The van der Waals surface area contributed by atoms with Crippen LogP contribution >= 0.6 is 0 Å². The SMILES string of the molecule is CCCCCCCCC/C=C/c1ccc(C#Cc2ccc(C3CCC(F)CC3)c(F)c2F)c(F)c1. The van der Waals surface area contributed by atoms with E-state index in [0.717, 1.165) is 18.4 Å². The summed E-state index contributed by atoms with van der Waals surface area (Å²) in [5.41, 5.74) is 1.06. The van der Waals surface area contributed by atoms with Gasteiger partial charge in [-0.05, 0) is 73.8 Å². The monoisotopic (exact) mass is 484 g/mol. The highest BCUT2D eigenvalue weighted by Gasteiger charge is 2.25. The third-order valence-corrected chi connectivity index (χ3v) is 6.82. The van der Waals surface area contributed by atoms with Crippen molar-refractivity contribution in [2.75, 3.05) is 0 Å². The van der Waals surface area contributed by atoms with Crippen LogP contribution in [-0.4, -0.2) is 6.17 Å². The van der Waals surface area contributed by atoms with Gasteiger partial charge in [0.1, 0.15) is 12.0 Å². The fraction of sp³-hybridized carbons (Fsp3) is 0.484. The number of unbranched alkanes of at least 4 members (excludes halogenated alkanes) is 7. The van der Waals surface area contributed by atoms with Crippen LogP contribution in [-0.2, 0) is 0 Å². The lowest BCUT2D eigenvalue weighted by Crippen LogP contribution is -2.15. The molecule has 1 aliphatic carbocycles. The number of allylic oxidation sites excluding steroid dienone is 1. The lowest BCUT2D eigenvalue weighted by atomic mass is 9.82. The number of alkyl halides is 1. The molecule has 1 saturated carbocycles. The van der Waals surface area contributed by atoms with Gasteiger partial charge >= 0.3 is 0 Å². The van der Waals surface area contributed by atoms with Crippen molar-refractivity contribution in [3.63, 3.8) is 0 Å². The van der Waals surface area contributed by atoms with Crippen molar-refractivity contribution in [3.05, 3.63) is 76.1 Å². The Morgan fingerprint density at radius 2 is 1.46 bits per heavy atom. The molecule has 2 aromatic rings. The van der Waals surface area contributed by atoms with Gasteiger partial charge in [0.05, 0.1) is 11.1 Å². The van der Waals surface area contributed by atoms with E-state index in [1.54, 1.807) is 12.1 Å². The minimum Gasteiger partial charge on any atom is -0.247 e. The molecule has 188 valence electrons. The van der Waals surface area contributed by atoms with Crippen molar-refractivity contribution in [1.29, 1.82) is 0 Å². The first-order chi connectivity index (χ1) is 17.0. The summed E-state index contributed by atoms with van der Waals surface area (Å²) in [5.74, 6) is 2.57. The molecular weight excluding hydrogens is 448 g/mol. The molecule has 0 aliphatic heterocycles. The van der Waals surface area contributed by atoms with Crippen LogP contribution in [0.3, 0.4) is 0 Å². The average molecular weight is 485 g/mol. The molecule has 0 radical (unpaired) electrons. The molecule has 0 spiro atoms. The van der Waals surface area contributed by atoms with E-state index in [9.17, 15) is 17.6 Å². The van der Waals surface area contributed by atoms with Crippen molar-refractivity contribution in [2.45, 2.75) is 96.1 Å². The van der Waals surface area contributed by atoms with E-state index < -0.39 is 23.6 Å². The van der Waals surface area contributed by atoms with Crippen molar-refractivity contribution < 1.29 is 17.6 Å². The maximum Gasteiger partial charge on any atom is 0.174 e. The average Bonchev–Trinajstić information content (AvgIpc) is 2.85. The molecule has 0 bridgehead atoms. The number of hydrogen-bond donors (Lipinski definition) is 0. The van der Waals surface area contributed by atoms with Crippen LogP contribution in [0.1, 0.15) is 112 Å². The summed E-state index contributed by atoms with van der Waals surface area (Å²) >= 11 is 0. The van der Waals surface area contributed by atoms with Gasteiger partial charge in [-0.1, -0.05) is 81.6 Å². The minimum atomic E-state index is -1.03. The Balaban J connectivity index is 1.56. The highest BCUT2D eigenvalue weighted by atomic mass is 19.2. The minimum absolute atomic E-state index is 0.108.